The van der Waals surface area contributed by atoms with E-state index in [1.807, 2.05) is 6.08 Å². The standard InChI is InChI=1S/C68H129NO8/c1-3-5-7-9-11-13-15-17-19-21-23-25-26-27-28-29-30-31-32-33-34-35-36-38-39-41-43-45-47-49-51-53-55-57-62(71)61(60-76-68-67(75)66(74)65(73)63(59-70)77-68)69-64(72)58-56-54-52-50-48-46-44-42-40-37-24-22-20-18-16-14-12-10-8-6-4-2/h16,18,22,24,55,57,61-63,65-68,70-71,73-75H,3-15,17,19-21,23,25-54,56,58-60H2,1-2H3,(H,69,72)/b18-16-,24-22-,57-55+. The molecule has 0 aromatic rings. The zero-order valence-electron chi connectivity index (χ0n) is 50.7. The summed E-state index contributed by atoms with van der Waals surface area (Å²) in [6, 6.07) is -0.809. The molecule has 77 heavy (non-hydrogen) atoms. The second kappa shape index (κ2) is 57.6. The third-order valence-corrected chi connectivity index (χ3v) is 16.2. The fourth-order valence-corrected chi connectivity index (χ4v) is 10.9. The lowest BCUT2D eigenvalue weighted by molar-refractivity contribution is -0.302. The smallest absolute Gasteiger partial charge is 0.220 e. The number of carbonyl (C=O) groups is 1. The predicted molar refractivity (Wildman–Crippen MR) is 327 cm³/mol. The summed E-state index contributed by atoms with van der Waals surface area (Å²) in [6.07, 6.45) is 69.6. The largest absolute Gasteiger partial charge is 0.394 e. The lowest BCUT2D eigenvalue weighted by atomic mass is 9.99. The number of carbonyl (C=O) groups excluding carboxylic acids is 1. The molecular formula is C68H129NO8. The molecule has 0 aliphatic carbocycles. The highest BCUT2D eigenvalue weighted by atomic mass is 16.7. The number of rotatable bonds is 59. The van der Waals surface area contributed by atoms with Crippen LogP contribution in [0.15, 0.2) is 36.5 Å². The third kappa shape index (κ3) is 46.7. The van der Waals surface area contributed by atoms with Gasteiger partial charge in [0.1, 0.15) is 24.4 Å². The zero-order valence-corrected chi connectivity index (χ0v) is 50.7. The summed E-state index contributed by atoms with van der Waals surface area (Å²) in [4.78, 5) is 13.1. The van der Waals surface area contributed by atoms with Crippen LogP contribution >= 0.6 is 0 Å². The first kappa shape index (κ1) is 73.4. The van der Waals surface area contributed by atoms with E-state index in [4.69, 9.17) is 9.47 Å². The van der Waals surface area contributed by atoms with E-state index in [1.165, 1.54) is 270 Å². The van der Waals surface area contributed by atoms with E-state index >= 15 is 0 Å². The van der Waals surface area contributed by atoms with Gasteiger partial charge in [0, 0.05) is 6.42 Å². The molecule has 1 aliphatic rings. The molecule has 6 N–H and O–H groups in total. The van der Waals surface area contributed by atoms with Crippen molar-refractivity contribution in [2.45, 2.75) is 378 Å². The number of amides is 1. The molecule has 0 bridgehead atoms. The van der Waals surface area contributed by atoms with Crippen LogP contribution in [0.5, 0.6) is 0 Å². The molecule has 0 aromatic carbocycles. The summed E-state index contributed by atoms with van der Waals surface area (Å²) in [5, 5.41) is 54.7. The number of nitrogens with one attached hydrogen (secondary N) is 1. The summed E-state index contributed by atoms with van der Waals surface area (Å²) in [7, 11) is 0. The number of unbranched alkanes of at least 4 members (excludes halogenated alkanes) is 45. The molecule has 0 aromatic heterocycles. The maximum atomic E-state index is 13.1. The highest BCUT2D eigenvalue weighted by molar-refractivity contribution is 5.76. The SMILES string of the molecule is CCCCCCC/C=C\C/C=C\CCCCCCCCCCCC(=O)NC(COC1OC(CO)C(O)C(O)C1O)C(O)/C=C/CCCCCCCCCCCCCCCCCCCCCCCCCCCCCCCCC. The Morgan fingerprint density at radius 1 is 0.442 bits per heavy atom. The Morgan fingerprint density at radius 3 is 1.12 bits per heavy atom. The molecule has 7 unspecified atom stereocenters. The Balaban J connectivity index is 2.13. The van der Waals surface area contributed by atoms with E-state index in [0.717, 1.165) is 44.9 Å². The van der Waals surface area contributed by atoms with Gasteiger partial charge in [-0.1, -0.05) is 314 Å². The van der Waals surface area contributed by atoms with E-state index < -0.39 is 49.5 Å². The van der Waals surface area contributed by atoms with Crippen molar-refractivity contribution in [3.05, 3.63) is 36.5 Å². The van der Waals surface area contributed by atoms with E-state index in [-0.39, 0.29) is 12.5 Å². The van der Waals surface area contributed by atoms with E-state index in [2.05, 4.69) is 43.5 Å². The molecule has 9 heteroatoms. The summed E-state index contributed by atoms with van der Waals surface area (Å²) < 4.78 is 11.3. The van der Waals surface area contributed by atoms with Crippen LogP contribution in [0.2, 0.25) is 0 Å². The van der Waals surface area contributed by atoms with Crippen molar-refractivity contribution in [2.24, 2.45) is 0 Å². The average molecular weight is 1090 g/mol. The monoisotopic (exact) mass is 1090 g/mol. The van der Waals surface area contributed by atoms with Gasteiger partial charge in [-0.2, -0.15) is 0 Å². The first-order valence-corrected chi connectivity index (χ1v) is 33.7. The van der Waals surface area contributed by atoms with Crippen LogP contribution in [-0.2, 0) is 14.3 Å². The van der Waals surface area contributed by atoms with E-state index in [9.17, 15) is 30.3 Å². The van der Waals surface area contributed by atoms with Crippen molar-refractivity contribution in [3.8, 4) is 0 Å². The minimum absolute atomic E-state index is 0.177. The Kier molecular flexibility index (Phi) is 55.0. The number of aliphatic hydroxyl groups excluding tert-OH is 5. The summed E-state index contributed by atoms with van der Waals surface area (Å²) >= 11 is 0. The molecule has 9 nitrogen and oxygen atoms in total. The molecule has 7 atom stereocenters. The van der Waals surface area contributed by atoms with Crippen molar-refractivity contribution in [2.75, 3.05) is 13.2 Å². The van der Waals surface area contributed by atoms with Crippen molar-refractivity contribution < 1.29 is 39.8 Å². The van der Waals surface area contributed by atoms with Crippen LogP contribution in [0.4, 0.5) is 0 Å². The number of ether oxygens (including phenoxy) is 2. The van der Waals surface area contributed by atoms with Gasteiger partial charge < -0.3 is 40.3 Å². The molecule has 1 rings (SSSR count). The number of aliphatic hydroxyl groups is 5. The number of hydrogen-bond acceptors (Lipinski definition) is 8. The van der Waals surface area contributed by atoms with Crippen molar-refractivity contribution >= 4 is 5.91 Å². The number of hydrogen-bond donors (Lipinski definition) is 6. The maximum absolute atomic E-state index is 13.1. The summed E-state index contributed by atoms with van der Waals surface area (Å²) in [6.45, 7) is 3.81. The van der Waals surface area contributed by atoms with Crippen LogP contribution in [0.25, 0.3) is 0 Å². The van der Waals surface area contributed by atoms with E-state index in [0.29, 0.717) is 6.42 Å². The molecule has 0 saturated carbocycles. The second-order valence-corrected chi connectivity index (χ2v) is 23.6. The van der Waals surface area contributed by atoms with Gasteiger partial charge in [0.25, 0.3) is 0 Å². The molecule has 0 radical (unpaired) electrons. The van der Waals surface area contributed by atoms with Gasteiger partial charge >= 0.3 is 0 Å². The normalized spacial score (nSPS) is 18.9. The molecule has 0 spiro atoms. The molecule has 1 amide bonds. The van der Waals surface area contributed by atoms with Gasteiger partial charge in [-0.05, 0) is 51.4 Å². The summed E-state index contributed by atoms with van der Waals surface area (Å²) in [5.74, 6) is -0.177. The van der Waals surface area contributed by atoms with Crippen LogP contribution in [0, 0.1) is 0 Å². The van der Waals surface area contributed by atoms with Crippen LogP contribution < -0.4 is 5.32 Å². The van der Waals surface area contributed by atoms with E-state index in [1.54, 1.807) is 6.08 Å². The fourth-order valence-electron chi connectivity index (χ4n) is 10.9. The van der Waals surface area contributed by atoms with Crippen molar-refractivity contribution in [1.82, 2.24) is 5.32 Å². The summed E-state index contributed by atoms with van der Waals surface area (Å²) in [5.41, 5.74) is 0. The van der Waals surface area contributed by atoms with Gasteiger partial charge in [-0.25, -0.2) is 0 Å². The molecule has 1 fully saturated rings. The van der Waals surface area contributed by atoms with Gasteiger partial charge in [0.05, 0.1) is 25.4 Å². The minimum Gasteiger partial charge on any atom is -0.394 e. The maximum Gasteiger partial charge on any atom is 0.220 e. The molecule has 1 saturated heterocycles. The first-order chi connectivity index (χ1) is 37.8. The molecule has 1 heterocycles. The third-order valence-electron chi connectivity index (χ3n) is 16.2. The van der Waals surface area contributed by atoms with Crippen LogP contribution in [0.3, 0.4) is 0 Å². The Hall–Kier alpha value is -1.59. The quantitative estimate of drug-likeness (QED) is 0.0261. The average Bonchev–Trinajstić information content (AvgIpc) is 3.43. The van der Waals surface area contributed by atoms with Gasteiger partial charge in [-0.3, -0.25) is 4.79 Å². The van der Waals surface area contributed by atoms with Crippen LogP contribution in [0.1, 0.15) is 335 Å². The minimum atomic E-state index is -1.57. The fraction of sp³-hybridized carbons (Fsp3) is 0.897. The van der Waals surface area contributed by atoms with Crippen LogP contribution in [-0.4, -0.2) is 87.5 Å². The Morgan fingerprint density at radius 2 is 0.766 bits per heavy atom. The first-order valence-electron chi connectivity index (χ1n) is 33.7. The highest BCUT2D eigenvalue weighted by Crippen LogP contribution is 2.23. The Labute approximate surface area is 476 Å². The predicted octanol–water partition coefficient (Wildman–Crippen LogP) is 17.9. The van der Waals surface area contributed by atoms with Crippen molar-refractivity contribution in [3.63, 3.8) is 0 Å². The van der Waals surface area contributed by atoms with Gasteiger partial charge in [0.2, 0.25) is 5.91 Å². The molecule has 454 valence electrons. The number of allylic oxidation sites excluding steroid dienone is 5. The van der Waals surface area contributed by atoms with Crippen molar-refractivity contribution in [1.29, 1.82) is 0 Å². The lowest BCUT2D eigenvalue weighted by Crippen LogP contribution is -2.60. The van der Waals surface area contributed by atoms with Gasteiger partial charge in [0.15, 0.2) is 6.29 Å². The topological polar surface area (TPSA) is 149 Å². The zero-order chi connectivity index (χ0) is 55.8. The molecule has 1 aliphatic heterocycles. The second-order valence-electron chi connectivity index (χ2n) is 23.6. The molecular weight excluding hydrogens is 959 g/mol. The highest BCUT2D eigenvalue weighted by Gasteiger charge is 2.44. The van der Waals surface area contributed by atoms with Gasteiger partial charge in [-0.15, -0.1) is 0 Å². The lowest BCUT2D eigenvalue weighted by Gasteiger charge is -2.40. The Bertz CT molecular complexity index is 1310.